The van der Waals surface area contributed by atoms with Gasteiger partial charge >= 0.3 is 5.97 Å². The van der Waals surface area contributed by atoms with Gasteiger partial charge in [-0.25, -0.2) is 19.2 Å². The van der Waals surface area contributed by atoms with Crippen LogP contribution in [-0.2, 0) is 4.74 Å². The van der Waals surface area contributed by atoms with Crippen LogP contribution >= 0.6 is 11.6 Å². The first-order valence-corrected chi connectivity index (χ1v) is 5.60. The summed E-state index contributed by atoms with van der Waals surface area (Å²) in [4.78, 5) is 19.1. The Bertz CT molecular complexity index is 601. The van der Waals surface area contributed by atoms with Gasteiger partial charge < -0.3 is 10.1 Å². The van der Waals surface area contributed by atoms with Gasteiger partial charge in [0.1, 0.15) is 23.5 Å². The Labute approximate surface area is 113 Å². The number of hydrogen-bond donors (Lipinski definition) is 1. The Morgan fingerprint density at radius 1 is 1.47 bits per heavy atom. The summed E-state index contributed by atoms with van der Waals surface area (Å²) < 4.78 is 18.2. The number of nitrogens with zero attached hydrogens (tertiary/aromatic N) is 2. The van der Waals surface area contributed by atoms with Gasteiger partial charge in [-0.15, -0.1) is 0 Å². The lowest BCUT2D eigenvalue weighted by Gasteiger charge is -2.10. The fourth-order valence-electron chi connectivity index (χ4n) is 1.42. The van der Waals surface area contributed by atoms with E-state index in [2.05, 4.69) is 20.0 Å². The molecular formula is C12H9ClFN3O2. The number of carbonyl (C=O) groups excluding carboxylic acids is 1. The van der Waals surface area contributed by atoms with Gasteiger partial charge in [-0.3, -0.25) is 0 Å². The topological polar surface area (TPSA) is 64.1 Å². The minimum Gasteiger partial charge on any atom is -0.465 e. The molecule has 0 amide bonds. The van der Waals surface area contributed by atoms with Crippen molar-refractivity contribution in [3.8, 4) is 0 Å². The van der Waals surface area contributed by atoms with E-state index in [0.717, 1.165) is 0 Å². The molecule has 0 aliphatic carbocycles. The van der Waals surface area contributed by atoms with E-state index in [1.807, 2.05) is 0 Å². The zero-order chi connectivity index (χ0) is 13.8. The minimum absolute atomic E-state index is 0.0352. The quantitative estimate of drug-likeness (QED) is 0.877. The maximum atomic E-state index is 13.6. The number of nitrogens with one attached hydrogen (secondary N) is 1. The number of para-hydroxylation sites is 1. The molecule has 1 aromatic carbocycles. The van der Waals surface area contributed by atoms with Gasteiger partial charge in [-0.2, -0.15) is 0 Å². The largest absolute Gasteiger partial charge is 0.465 e. The molecule has 0 atom stereocenters. The Morgan fingerprint density at radius 2 is 2.26 bits per heavy atom. The Hall–Kier alpha value is -2.21. The summed E-state index contributed by atoms with van der Waals surface area (Å²) in [5.74, 6) is -1.06. The molecular weight excluding hydrogens is 273 g/mol. The summed E-state index contributed by atoms with van der Waals surface area (Å²) in [5, 5.41) is 2.84. The molecule has 7 heteroatoms. The smallest absolute Gasteiger partial charge is 0.343 e. The third-order valence-electron chi connectivity index (χ3n) is 2.32. The molecule has 2 aromatic rings. The molecule has 0 saturated carbocycles. The number of aromatic nitrogens is 2. The summed E-state index contributed by atoms with van der Waals surface area (Å²) in [7, 11) is 1.23. The molecule has 0 unspecified atom stereocenters. The predicted molar refractivity (Wildman–Crippen MR) is 68.1 cm³/mol. The lowest BCUT2D eigenvalue weighted by Crippen LogP contribution is -2.08. The molecule has 0 radical (unpaired) electrons. The summed E-state index contributed by atoms with van der Waals surface area (Å²) in [6, 6.07) is 4.24. The monoisotopic (exact) mass is 281 g/mol. The van der Waals surface area contributed by atoms with Crippen LogP contribution in [0.5, 0.6) is 0 Å². The van der Waals surface area contributed by atoms with Crippen molar-refractivity contribution in [2.75, 3.05) is 12.4 Å². The molecule has 0 aliphatic rings. The van der Waals surface area contributed by atoms with E-state index in [9.17, 15) is 9.18 Å². The molecule has 1 aromatic heterocycles. The van der Waals surface area contributed by atoms with Crippen molar-refractivity contribution in [2.45, 2.75) is 0 Å². The highest BCUT2D eigenvalue weighted by Crippen LogP contribution is 2.28. The third-order valence-corrected chi connectivity index (χ3v) is 2.64. The number of carbonyl (C=O) groups is 1. The van der Waals surface area contributed by atoms with Crippen LogP contribution in [0.2, 0.25) is 5.02 Å². The van der Waals surface area contributed by atoms with Crippen molar-refractivity contribution in [1.29, 1.82) is 0 Å². The SMILES string of the molecule is COC(=O)c1cncnc1Nc1c(F)cccc1Cl. The lowest BCUT2D eigenvalue weighted by atomic mass is 10.2. The average molecular weight is 282 g/mol. The van der Waals surface area contributed by atoms with Gasteiger partial charge in [0.2, 0.25) is 0 Å². The van der Waals surface area contributed by atoms with Crippen LogP contribution in [0, 0.1) is 5.82 Å². The van der Waals surface area contributed by atoms with Crippen LogP contribution in [0.25, 0.3) is 0 Å². The molecule has 0 aliphatic heterocycles. The summed E-state index contributed by atoms with van der Waals surface area (Å²) in [6.45, 7) is 0. The van der Waals surface area contributed by atoms with E-state index in [4.69, 9.17) is 11.6 Å². The molecule has 98 valence electrons. The van der Waals surface area contributed by atoms with E-state index in [-0.39, 0.29) is 22.1 Å². The summed E-state index contributed by atoms with van der Waals surface area (Å²) in [6.07, 6.45) is 2.50. The highest BCUT2D eigenvalue weighted by molar-refractivity contribution is 6.33. The normalized spacial score (nSPS) is 10.1. The molecule has 1 heterocycles. The number of benzene rings is 1. The van der Waals surface area contributed by atoms with Gasteiger partial charge in [0, 0.05) is 6.20 Å². The maximum absolute atomic E-state index is 13.6. The van der Waals surface area contributed by atoms with Crippen LogP contribution in [-0.4, -0.2) is 23.0 Å². The van der Waals surface area contributed by atoms with Crippen molar-refractivity contribution >= 4 is 29.1 Å². The molecule has 19 heavy (non-hydrogen) atoms. The number of halogens is 2. The molecule has 5 nitrogen and oxygen atoms in total. The number of hydrogen-bond acceptors (Lipinski definition) is 5. The Morgan fingerprint density at radius 3 is 2.95 bits per heavy atom. The Kier molecular flexibility index (Phi) is 3.91. The van der Waals surface area contributed by atoms with Gasteiger partial charge in [-0.05, 0) is 12.1 Å². The first-order chi connectivity index (χ1) is 9.13. The van der Waals surface area contributed by atoms with Gasteiger partial charge in [0.15, 0.2) is 0 Å². The zero-order valence-electron chi connectivity index (χ0n) is 9.85. The molecule has 1 N–H and O–H groups in total. The van der Waals surface area contributed by atoms with Crippen molar-refractivity contribution < 1.29 is 13.9 Å². The van der Waals surface area contributed by atoms with Gasteiger partial charge in [0.25, 0.3) is 0 Å². The molecule has 0 fully saturated rings. The first kappa shape index (κ1) is 13.2. The van der Waals surface area contributed by atoms with Crippen molar-refractivity contribution in [3.63, 3.8) is 0 Å². The van der Waals surface area contributed by atoms with E-state index in [1.54, 1.807) is 0 Å². The second-order valence-corrected chi connectivity index (χ2v) is 3.91. The molecule has 0 spiro atoms. The fraction of sp³-hybridized carbons (Fsp3) is 0.0833. The standard InChI is InChI=1S/C12H9ClFN3O2/c1-19-12(18)7-5-15-6-16-11(7)17-10-8(13)3-2-4-9(10)14/h2-6H,1H3,(H,15,16,17). The number of rotatable bonds is 3. The third kappa shape index (κ3) is 2.79. The molecule has 0 bridgehead atoms. The van der Waals surface area contributed by atoms with Crippen LogP contribution in [0.4, 0.5) is 15.9 Å². The van der Waals surface area contributed by atoms with E-state index in [1.165, 1.54) is 37.8 Å². The highest BCUT2D eigenvalue weighted by Gasteiger charge is 2.16. The fourth-order valence-corrected chi connectivity index (χ4v) is 1.63. The second-order valence-electron chi connectivity index (χ2n) is 3.50. The summed E-state index contributed by atoms with van der Waals surface area (Å²) >= 11 is 5.88. The summed E-state index contributed by atoms with van der Waals surface area (Å²) in [5.41, 5.74) is 0.123. The number of ether oxygens (including phenoxy) is 1. The number of methoxy groups -OCH3 is 1. The molecule has 2 rings (SSSR count). The van der Waals surface area contributed by atoms with E-state index >= 15 is 0 Å². The Balaban J connectivity index is 2.42. The van der Waals surface area contributed by atoms with Crippen LogP contribution in [0.1, 0.15) is 10.4 Å². The van der Waals surface area contributed by atoms with Crippen LogP contribution in [0.15, 0.2) is 30.7 Å². The highest BCUT2D eigenvalue weighted by atomic mass is 35.5. The minimum atomic E-state index is -0.629. The predicted octanol–water partition coefficient (Wildman–Crippen LogP) is 2.80. The number of anilines is 2. The second kappa shape index (κ2) is 5.62. The maximum Gasteiger partial charge on any atom is 0.343 e. The van der Waals surface area contributed by atoms with Crippen LogP contribution in [0.3, 0.4) is 0 Å². The van der Waals surface area contributed by atoms with E-state index in [0.29, 0.717) is 0 Å². The first-order valence-electron chi connectivity index (χ1n) is 5.23. The zero-order valence-corrected chi connectivity index (χ0v) is 10.6. The lowest BCUT2D eigenvalue weighted by molar-refractivity contribution is 0.0601. The van der Waals surface area contributed by atoms with Gasteiger partial charge in [0.05, 0.1) is 17.8 Å². The van der Waals surface area contributed by atoms with Crippen molar-refractivity contribution in [2.24, 2.45) is 0 Å². The average Bonchev–Trinajstić information content (AvgIpc) is 2.42. The van der Waals surface area contributed by atoms with Crippen molar-refractivity contribution in [3.05, 3.63) is 47.1 Å². The van der Waals surface area contributed by atoms with Crippen LogP contribution < -0.4 is 5.32 Å². The van der Waals surface area contributed by atoms with Crippen molar-refractivity contribution in [1.82, 2.24) is 9.97 Å². The number of esters is 1. The van der Waals surface area contributed by atoms with Gasteiger partial charge in [-0.1, -0.05) is 17.7 Å². The molecule has 0 saturated heterocycles. The van der Waals surface area contributed by atoms with E-state index < -0.39 is 11.8 Å².